The summed E-state index contributed by atoms with van der Waals surface area (Å²) in [5, 5.41) is 5.06. The Morgan fingerprint density at radius 3 is 1.36 bits per heavy atom. The third-order valence-electron chi connectivity index (χ3n) is 13.6. The van der Waals surface area contributed by atoms with Crippen LogP contribution in [0.1, 0.15) is 26.3 Å². The predicted molar refractivity (Wildman–Crippen MR) is 306 cm³/mol. The first kappa shape index (κ1) is 47.0. The van der Waals surface area contributed by atoms with Crippen molar-refractivity contribution in [3.05, 3.63) is 272 Å². The molecule has 3 aromatic heterocycles. The fraction of sp³-hybridized carbons (Fsp3) is 0.0580. The van der Waals surface area contributed by atoms with Gasteiger partial charge >= 0.3 is 0 Å². The third kappa shape index (κ3) is 9.59. The van der Waals surface area contributed by atoms with E-state index < -0.39 is 0 Å². The molecule has 0 N–H and O–H groups in total. The molecule has 0 aliphatic heterocycles. The molecule has 13 rings (SSSR count). The Hall–Kier alpha value is -8.40. The summed E-state index contributed by atoms with van der Waals surface area (Å²) in [4.78, 5) is 4.39. The molecule has 3 nitrogen and oxygen atoms in total. The Balaban J connectivity index is 0.000000218. The maximum absolute atomic E-state index is 6.21. The van der Waals surface area contributed by atoms with Crippen LogP contribution in [-0.2, 0) is 20.1 Å². The number of benzene rings is 10. The average molecular weight is 1120 g/mol. The van der Waals surface area contributed by atoms with Gasteiger partial charge in [0.25, 0.3) is 0 Å². The molecule has 355 valence electrons. The molecule has 1 radical (unpaired) electrons. The van der Waals surface area contributed by atoms with Crippen LogP contribution in [0.5, 0.6) is 0 Å². The first-order valence-corrected chi connectivity index (χ1v) is 24.6. The van der Waals surface area contributed by atoms with E-state index in [1.807, 2.05) is 30.5 Å². The van der Waals surface area contributed by atoms with Crippen molar-refractivity contribution < 1.29 is 21.5 Å². The van der Waals surface area contributed by atoms with E-state index in [1.165, 1.54) is 99.2 Å². The van der Waals surface area contributed by atoms with Crippen molar-refractivity contribution in [3.63, 3.8) is 0 Å². The smallest absolute Gasteiger partial charge is 0.0547 e. The number of para-hydroxylation sites is 2. The Bertz CT molecular complexity index is 3810. The first-order valence-electron chi connectivity index (χ1n) is 25.3. The first-order chi connectivity index (χ1) is 35.9. The fourth-order valence-electron chi connectivity index (χ4n) is 10.1. The van der Waals surface area contributed by atoms with Gasteiger partial charge in [-0.25, -0.2) is 0 Å². The van der Waals surface area contributed by atoms with Gasteiger partial charge < -0.3 is 14.1 Å². The van der Waals surface area contributed by atoms with Crippen molar-refractivity contribution in [3.8, 4) is 67.1 Å². The third-order valence-corrected chi connectivity index (χ3v) is 13.6. The molecular weight excluding hydrogens is 1060 g/mol. The molecule has 0 saturated heterocycles. The molecule has 0 unspecified atom stereocenters. The van der Waals surface area contributed by atoms with Crippen molar-refractivity contribution >= 4 is 43.6 Å². The molecule has 0 bridgehead atoms. The monoisotopic (exact) mass is 1120 g/mol. The van der Waals surface area contributed by atoms with Gasteiger partial charge in [0.15, 0.2) is 0 Å². The minimum absolute atomic E-state index is 0. The topological polar surface area (TPSA) is 22.8 Å². The predicted octanol–water partition coefficient (Wildman–Crippen LogP) is 18.7. The van der Waals surface area contributed by atoms with Crippen LogP contribution >= 0.6 is 0 Å². The molecule has 13 aromatic rings. The molecule has 0 aliphatic carbocycles. The second kappa shape index (κ2) is 21.5. The van der Waals surface area contributed by atoms with Crippen LogP contribution in [0.25, 0.3) is 111 Å². The van der Waals surface area contributed by atoms with Gasteiger partial charge in [0.05, 0.1) is 22.1 Å². The van der Waals surface area contributed by atoms with E-state index in [0.29, 0.717) is 6.90 Å². The fourth-order valence-corrected chi connectivity index (χ4v) is 10.1. The van der Waals surface area contributed by atoms with E-state index in [9.17, 15) is 0 Å². The Morgan fingerprint density at radius 1 is 0.397 bits per heavy atom. The molecule has 0 fully saturated rings. The van der Waals surface area contributed by atoms with Crippen LogP contribution in [0.2, 0.25) is 0 Å². The van der Waals surface area contributed by atoms with Gasteiger partial charge in [-0.3, -0.25) is 0 Å². The van der Waals surface area contributed by atoms with Crippen LogP contribution in [0.3, 0.4) is 0 Å². The van der Waals surface area contributed by atoms with Crippen molar-refractivity contribution in [1.29, 1.82) is 0 Å². The number of aromatic nitrogens is 3. The van der Waals surface area contributed by atoms with Crippen molar-refractivity contribution in [1.82, 2.24) is 14.1 Å². The van der Waals surface area contributed by atoms with E-state index in [-0.39, 0.29) is 20.1 Å². The van der Waals surface area contributed by atoms with Crippen LogP contribution in [0.4, 0.5) is 0 Å². The molecule has 4 heteroatoms. The number of aryl methyl sites for hydroxylation is 2. The van der Waals surface area contributed by atoms with E-state index in [1.54, 1.807) is 6.92 Å². The molecular formula is C69H54IrN3-. The summed E-state index contributed by atoms with van der Waals surface area (Å²) in [5.41, 5.74) is 21.5. The SMILES string of the molecule is Cc1ccc(C)c(-c2cc[c-]c(-c3ccccn3)c2)c1.[3H]CC.[Ir].c1ccc(-c2ccc3c4ccccc4n(-c4ccc(-c5ccc(-n6c7ccccc7c7ccc(-c8ccccc8)cc76)cc5)cc4)c3c2)cc1. The Kier molecular flexibility index (Phi) is 13.8. The summed E-state index contributed by atoms with van der Waals surface area (Å²) >= 11 is 0. The van der Waals surface area contributed by atoms with E-state index in [0.717, 1.165) is 22.6 Å². The van der Waals surface area contributed by atoms with Gasteiger partial charge in [-0.15, -0.1) is 35.4 Å². The molecule has 73 heavy (non-hydrogen) atoms. The van der Waals surface area contributed by atoms with Crippen LogP contribution in [0.15, 0.2) is 255 Å². The van der Waals surface area contributed by atoms with E-state index in [2.05, 4.69) is 258 Å². The molecule has 0 aliphatic rings. The standard InChI is InChI=1S/C48H32N2.C19H16N.C2H6.Ir/c1-3-11-33(12-4-1)37-23-29-43-41-15-7-9-17-45(41)49(47(43)31-37)39-25-19-35(20-26-39)36-21-27-40(28-22-36)50-46-18-10-8-16-42(46)44-30-24-38(32-48(44)50)34-13-5-2-6-14-34;1-14-9-10-15(2)18(12-14)16-6-5-7-17(13-16)19-8-3-4-11-20-19;1-2;/h1-32H;3-6,8-13H,1-2H3;1-2H3;/q;-1;;/i;;1T;. The van der Waals surface area contributed by atoms with E-state index >= 15 is 0 Å². The zero-order valence-corrected chi connectivity index (χ0v) is 43.5. The summed E-state index contributed by atoms with van der Waals surface area (Å²) in [7, 11) is 0. The number of fused-ring (bicyclic) bond motifs is 6. The zero-order chi connectivity index (χ0) is 49.7. The summed E-state index contributed by atoms with van der Waals surface area (Å²) in [6, 6.07) is 92.4. The molecule has 3 heterocycles. The Labute approximate surface area is 443 Å². The van der Waals surface area contributed by atoms with Gasteiger partial charge in [0, 0.05) is 60.6 Å². The summed E-state index contributed by atoms with van der Waals surface area (Å²) in [6.45, 7) is 6.56. The minimum atomic E-state index is 0. The number of nitrogens with zero attached hydrogens (tertiary/aromatic N) is 3. The number of pyridine rings is 1. The molecule has 0 saturated carbocycles. The maximum Gasteiger partial charge on any atom is 0.0547 e. The number of hydrogen-bond acceptors (Lipinski definition) is 1. The Morgan fingerprint density at radius 2 is 0.849 bits per heavy atom. The second-order valence-corrected chi connectivity index (χ2v) is 18.0. The minimum Gasteiger partial charge on any atom is -0.309 e. The number of rotatable bonds is 7. The summed E-state index contributed by atoms with van der Waals surface area (Å²) in [6.07, 6.45) is 1.81. The molecule has 0 spiro atoms. The van der Waals surface area contributed by atoms with Crippen LogP contribution < -0.4 is 0 Å². The maximum atomic E-state index is 6.21. The van der Waals surface area contributed by atoms with Gasteiger partial charge in [-0.05, 0) is 119 Å². The van der Waals surface area contributed by atoms with Gasteiger partial charge in [0.2, 0.25) is 0 Å². The van der Waals surface area contributed by atoms with Gasteiger partial charge in [0.1, 0.15) is 0 Å². The molecule has 0 amide bonds. The van der Waals surface area contributed by atoms with Crippen molar-refractivity contribution in [2.75, 3.05) is 0 Å². The largest absolute Gasteiger partial charge is 0.309 e. The molecule has 0 atom stereocenters. The van der Waals surface area contributed by atoms with Gasteiger partial charge in [-0.1, -0.05) is 195 Å². The number of hydrogen-bond donors (Lipinski definition) is 0. The molecule has 10 aromatic carbocycles. The normalized spacial score (nSPS) is 11.1. The second-order valence-electron chi connectivity index (χ2n) is 18.0. The zero-order valence-electron chi connectivity index (χ0n) is 42.1. The average Bonchev–Trinajstić information content (AvgIpc) is 3.97. The van der Waals surface area contributed by atoms with Crippen LogP contribution in [-0.4, -0.2) is 14.1 Å². The summed E-state index contributed by atoms with van der Waals surface area (Å²) in [5.74, 6) is 0. The van der Waals surface area contributed by atoms with E-state index in [4.69, 9.17) is 1.37 Å². The summed E-state index contributed by atoms with van der Waals surface area (Å²) < 4.78 is 11.0. The quantitative estimate of drug-likeness (QED) is 0.146. The van der Waals surface area contributed by atoms with Crippen molar-refractivity contribution in [2.24, 2.45) is 0 Å². The van der Waals surface area contributed by atoms with Crippen molar-refractivity contribution in [2.45, 2.75) is 27.7 Å². The van der Waals surface area contributed by atoms with Gasteiger partial charge in [-0.2, -0.15) is 0 Å². The van der Waals surface area contributed by atoms with Crippen LogP contribution in [0, 0.1) is 19.9 Å².